The molecule has 0 fully saturated rings. The minimum absolute atomic E-state index is 0.0415. The molecule has 5 nitrogen and oxygen atoms in total. The third kappa shape index (κ3) is 5.34. The number of nitrogens with two attached hydrogens (primary N) is 1. The molecule has 1 heterocycles. The van der Waals surface area contributed by atoms with Crippen LogP contribution in [0.2, 0.25) is 0 Å². The van der Waals surface area contributed by atoms with E-state index in [0.717, 1.165) is 12.1 Å². The molecule has 0 aliphatic rings. The fourth-order valence-corrected chi connectivity index (χ4v) is 1.96. The van der Waals surface area contributed by atoms with Crippen LogP contribution in [0.25, 0.3) is 0 Å². The number of hydrogen-bond donors (Lipinski definition) is 2. The summed E-state index contributed by atoms with van der Waals surface area (Å²) in [4.78, 5) is 12.1. The first-order valence-corrected chi connectivity index (χ1v) is 6.54. The molecule has 0 aliphatic heterocycles. The third-order valence-electron chi connectivity index (χ3n) is 2.74. The van der Waals surface area contributed by atoms with Gasteiger partial charge in [-0.3, -0.25) is 4.79 Å². The number of aryl methyl sites for hydroxylation is 2. The van der Waals surface area contributed by atoms with Gasteiger partial charge in [0, 0.05) is 12.6 Å². The van der Waals surface area contributed by atoms with Crippen molar-refractivity contribution in [3.8, 4) is 0 Å². The molecular formula is C14H24N4O. The minimum atomic E-state index is -0.139. The molecule has 0 spiro atoms. The monoisotopic (exact) mass is 264 g/mol. The van der Waals surface area contributed by atoms with Crippen LogP contribution in [0.3, 0.4) is 0 Å². The molecule has 0 aromatic carbocycles. The largest absolute Gasteiger partial charge is 0.350 e. The zero-order valence-electron chi connectivity index (χ0n) is 12.4. The van der Waals surface area contributed by atoms with Gasteiger partial charge in [0.25, 0.3) is 5.91 Å². The van der Waals surface area contributed by atoms with E-state index >= 15 is 0 Å². The van der Waals surface area contributed by atoms with E-state index in [4.69, 9.17) is 5.73 Å². The fraction of sp³-hybridized carbons (Fsp3) is 0.643. The lowest BCUT2D eigenvalue weighted by Gasteiger charge is -2.23. The summed E-state index contributed by atoms with van der Waals surface area (Å²) in [7, 11) is 0. The number of rotatable bonds is 4. The molecule has 1 rings (SSSR count). The van der Waals surface area contributed by atoms with E-state index in [2.05, 4.69) is 36.3 Å². The Morgan fingerprint density at radius 1 is 1.37 bits per heavy atom. The number of carbonyl (C=O) groups is 1. The van der Waals surface area contributed by atoms with Gasteiger partial charge in [0.05, 0.1) is 17.0 Å². The molecule has 1 amide bonds. The SMILES string of the molecule is Cc1cc(C(=O)NCC(N)CC(C)(C)C)c(C)nn1. The average molecular weight is 264 g/mol. The van der Waals surface area contributed by atoms with Crippen molar-refractivity contribution in [2.24, 2.45) is 11.1 Å². The van der Waals surface area contributed by atoms with Crippen molar-refractivity contribution in [3.05, 3.63) is 23.0 Å². The van der Waals surface area contributed by atoms with Crippen LogP contribution in [0.15, 0.2) is 6.07 Å². The van der Waals surface area contributed by atoms with Crippen molar-refractivity contribution < 1.29 is 4.79 Å². The van der Waals surface area contributed by atoms with Gasteiger partial charge in [-0.15, -0.1) is 0 Å². The van der Waals surface area contributed by atoms with Gasteiger partial charge in [-0.05, 0) is 31.7 Å². The van der Waals surface area contributed by atoms with Crippen molar-refractivity contribution in [1.29, 1.82) is 0 Å². The molecule has 5 heteroatoms. The first-order chi connectivity index (χ1) is 8.69. The van der Waals surface area contributed by atoms with E-state index in [1.807, 2.05) is 6.92 Å². The molecule has 1 aromatic rings. The van der Waals surface area contributed by atoms with Gasteiger partial charge in [0.2, 0.25) is 0 Å². The van der Waals surface area contributed by atoms with Crippen LogP contribution in [0.4, 0.5) is 0 Å². The summed E-state index contributed by atoms with van der Waals surface area (Å²) in [5, 5.41) is 10.7. The van der Waals surface area contributed by atoms with Gasteiger partial charge in [0.15, 0.2) is 0 Å². The Morgan fingerprint density at radius 3 is 2.58 bits per heavy atom. The highest BCUT2D eigenvalue weighted by Gasteiger charge is 2.17. The minimum Gasteiger partial charge on any atom is -0.350 e. The molecule has 0 saturated carbocycles. The van der Waals surface area contributed by atoms with Crippen LogP contribution in [0.1, 0.15) is 48.9 Å². The predicted molar refractivity (Wildman–Crippen MR) is 75.9 cm³/mol. The molecule has 0 saturated heterocycles. The van der Waals surface area contributed by atoms with Gasteiger partial charge in [-0.2, -0.15) is 10.2 Å². The highest BCUT2D eigenvalue weighted by atomic mass is 16.1. The Kier molecular flexibility index (Phi) is 5.00. The summed E-state index contributed by atoms with van der Waals surface area (Å²) in [6, 6.07) is 1.70. The maximum absolute atomic E-state index is 12.1. The Balaban J connectivity index is 2.58. The lowest BCUT2D eigenvalue weighted by molar-refractivity contribution is 0.0947. The molecule has 3 N–H and O–H groups in total. The Labute approximate surface area is 115 Å². The van der Waals surface area contributed by atoms with E-state index < -0.39 is 0 Å². The zero-order chi connectivity index (χ0) is 14.6. The van der Waals surface area contributed by atoms with Crippen LogP contribution in [0.5, 0.6) is 0 Å². The summed E-state index contributed by atoms with van der Waals surface area (Å²) < 4.78 is 0. The van der Waals surface area contributed by atoms with Crippen LogP contribution in [-0.4, -0.2) is 28.7 Å². The Bertz CT molecular complexity index is 451. The number of carbonyl (C=O) groups excluding carboxylic acids is 1. The smallest absolute Gasteiger partial charge is 0.253 e. The number of nitrogens with one attached hydrogen (secondary N) is 1. The quantitative estimate of drug-likeness (QED) is 0.865. The Morgan fingerprint density at radius 2 is 2.00 bits per heavy atom. The number of nitrogens with zero attached hydrogens (tertiary/aromatic N) is 2. The van der Waals surface area contributed by atoms with Crippen LogP contribution < -0.4 is 11.1 Å². The standard InChI is InChI=1S/C14H24N4O/c1-9-6-12(10(2)18-17-9)13(19)16-8-11(15)7-14(3,4)5/h6,11H,7-8,15H2,1-5H3,(H,16,19). The van der Waals surface area contributed by atoms with Crippen LogP contribution in [-0.2, 0) is 0 Å². The van der Waals surface area contributed by atoms with E-state index in [1.54, 1.807) is 13.0 Å². The van der Waals surface area contributed by atoms with Gasteiger partial charge in [0.1, 0.15) is 0 Å². The molecule has 19 heavy (non-hydrogen) atoms. The summed E-state index contributed by atoms with van der Waals surface area (Å²) in [6.45, 7) is 10.5. The van der Waals surface area contributed by atoms with Gasteiger partial charge >= 0.3 is 0 Å². The summed E-state index contributed by atoms with van der Waals surface area (Å²) >= 11 is 0. The van der Waals surface area contributed by atoms with Crippen LogP contribution >= 0.6 is 0 Å². The number of hydrogen-bond acceptors (Lipinski definition) is 4. The fourth-order valence-electron chi connectivity index (χ4n) is 1.96. The van der Waals surface area contributed by atoms with Crippen molar-refractivity contribution in [2.75, 3.05) is 6.54 Å². The van der Waals surface area contributed by atoms with E-state index in [1.165, 1.54) is 0 Å². The molecule has 106 valence electrons. The second-order valence-electron chi connectivity index (χ2n) is 6.22. The highest BCUT2D eigenvalue weighted by molar-refractivity contribution is 5.95. The lowest BCUT2D eigenvalue weighted by atomic mass is 9.88. The molecular weight excluding hydrogens is 240 g/mol. The second kappa shape index (κ2) is 6.10. The number of aromatic nitrogens is 2. The molecule has 1 atom stereocenters. The Hall–Kier alpha value is -1.49. The number of amides is 1. The van der Waals surface area contributed by atoms with Crippen molar-refractivity contribution in [3.63, 3.8) is 0 Å². The maximum atomic E-state index is 12.1. The molecule has 1 unspecified atom stereocenters. The summed E-state index contributed by atoms with van der Waals surface area (Å²) in [6.07, 6.45) is 0.861. The van der Waals surface area contributed by atoms with Crippen LogP contribution in [0, 0.1) is 19.3 Å². The first kappa shape index (κ1) is 15.6. The van der Waals surface area contributed by atoms with Crippen molar-refractivity contribution in [1.82, 2.24) is 15.5 Å². The lowest BCUT2D eigenvalue weighted by Crippen LogP contribution is -2.39. The first-order valence-electron chi connectivity index (χ1n) is 6.54. The van der Waals surface area contributed by atoms with Gasteiger partial charge in [-0.25, -0.2) is 0 Å². The van der Waals surface area contributed by atoms with Crippen molar-refractivity contribution in [2.45, 2.75) is 47.1 Å². The zero-order valence-corrected chi connectivity index (χ0v) is 12.4. The van der Waals surface area contributed by atoms with Gasteiger partial charge < -0.3 is 11.1 Å². The molecule has 0 bridgehead atoms. The third-order valence-corrected chi connectivity index (χ3v) is 2.74. The van der Waals surface area contributed by atoms with Crippen molar-refractivity contribution >= 4 is 5.91 Å². The molecule has 0 aliphatic carbocycles. The van der Waals surface area contributed by atoms with Gasteiger partial charge in [-0.1, -0.05) is 20.8 Å². The topological polar surface area (TPSA) is 80.9 Å². The maximum Gasteiger partial charge on any atom is 0.253 e. The van der Waals surface area contributed by atoms with E-state index in [9.17, 15) is 4.79 Å². The molecule has 1 aromatic heterocycles. The predicted octanol–water partition coefficient (Wildman–Crippen LogP) is 1.59. The van der Waals surface area contributed by atoms with E-state index in [0.29, 0.717) is 17.8 Å². The van der Waals surface area contributed by atoms with E-state index in [-0.39, 0.29) is 17.4 Å². The normalized spacial score (nSPS) is 13.2. The second-order valence-corrected chi connectivity index (χ2v) is 6.22. The molecule has 0 radical (unpaired) electrons. The highest BCUT2D eigenvalue weighted by Crippen LogP contribution is 2.19. The average Bonchev–Trinajstić information content (AvgIpc) is 2.27. The summed E-state index contributed by atoms with van der Waals surface area (Å²) in [5.74, 6) is -0.139. The summed E-state index contributed by atoms with van der Waals surface area (Å²) in [5.41, 5.74) is 8.10.